The number of hydrogen-bond donors (Lipinski definition) is 2. The number of nitrogens with zero attached hydrogens (tertiary/aromatic N) is 2. The summed E-state index contributed by atoms with van der Waals surface area (Å²) in [4.78, 5) is 21.4. The number of benzene rings is 1. The molecule has 43 heavy (non-hydrogen) atoms. The van der Waals surface area contributed by atoms with E-state index in [9.17, 15) is 9.90 Å². The summed E-state index contributed by atoms with van der Waals surface area (Å²) in [6, 6.07) is 8.06. The fraction of sp³-hybridized carbons (Fsp3) is 0.629. The maximum atomic E-state index is 13.2. The number of aromatic amines is 1. The van der Waals surface area contributed by atoms with Crippen molar-refractivity contribution >= 4 is 23.3 Å². The third-order valence-electron chi connectivity index (χ3n) is 12.8. The van der Waals surface area contributed by atoms with Gasteiger partial charge in [-0.25, -0.2) is 4.98 Å². The van der Waals surface area contributed by atoms with Gasteiger partial charge in [-0.2, -0.15) is 0 Å². The van der Waals surface area contributed by atoms with Gasteiger partial charge < -0.3 is 19.1 Å². The highest BCUT2D eigenvalue weighted by molar-refractivity contribution is 7.71. The predicted molar refractivity (Wildman–Crippen MR) is 170 cm³/mol. The molecule has 7 nitrogen and oxygen atoms in total. The largest absolute Gasteiger partial charge is 0.493 e. The first-order valence-corrected chi connectivity index (χ1v) is 16.5. The summed E-state index contributed by atoms with van der Waals surface area (Å²) >= 11 is 5.67. The Morgan fingerprint density at radius 3 is 2.58 bits per heavy atom. The average Bonchev–Trinajstić information content (AvgIpc) is 3.23. The van der Waals surface area contributed by atoms with Gasteiger partial charge in [-0.3, -0.25) is 9.78 Å². The number of rotatable bonds is 5. The smallest absolute Gasteiger partial charge is 0.261 e. The Morgan fingerprint density at radius 2 is 1.81 bits per heavy atom. The van der Waals surface area contributed by atoms with Gasteiger partial charge in [0.05, 0.1) is 25.2 Å². The normalized spacial score (nSPS) is 34.7. The molecule has 7 atom stereocenters. The molecule has 0 amide bonds. The molecule has 0 spiro atoms. The maximum Gasteiger partial charge on any atom is 0.261 e. The topological polar surface area (TPSA) is 89.4 Å². The lowest BCUT2D eigenvalue weighted by molar-refractivity contribution is -0.139. The van der Waals surface area contributed by atoms with Gasteiger partial charge in [0.1, 0.15) is 5.65 Å². The SMILES string of the molecule is COc1ccc(CCn2c(=S)[nH]c(=O)c3cc4c(nc32)C[C@@H]2CCC3C5CC[C@](C)(O)[C@@]5(C)CCC3[C@@]2(C)C4)cc1OC. The molecular formula is C35H45N3O4S. The van der Waals surface area contributed by atoms with Gasteiger partial charge in [-0.15, -0.1) is 0 Å². The molecule has 4 aliphatic carbocycles. The molecule has 3 aromatic rings. The van der Waals surface area contributed by atoms with Gasteiger partial charge >= 0.3 is 0 Å². The van der Waals surface area contributed by atoms with E-state index in [0.29, 0.717) is 63.9 Å². The number of aryl methyl sites for hydroxylation is 2. The molecule has 7 rings (SSSR count). The molecular weight excluding hydrogens is 558 g/mol. The second-order valence-electron chi connectivity index (χ2n) is 14.6. The monoisotopic (exact) mass is 603 g/mol. The lowest BCUT2D eigenvalue weighted by Gasteiger charge is -2.61. The zero-order valence-electron chi connectivity index (χ0n) is 26.2. The summed E-state index contributed by atoms with van der Waals surface area (Å²) in [7, 11) is 3.28. The van der Waals surface area contributed by atoms with E-state index in [2.05, 4.69) is 31.8 Å². The summed E-state index contributed by atoms with van der Waals surface area (Å²) in [6.45, 7) is 7.57. The molecule has 2 N–H and O–H groups in total. The fourth-order valence-corrected chi connectivity index (χ4v) is 10.4. The van der Waals surface area contributed by atoms with Crippen LogP contribution >= 0.6 is 12.2 Å². The van der Waals surface area contributed by atoms with E-state index >= 15 is 0 Å². The minimum atomic E-state index is -0.554. The first kappa shape index (κ1) is 29.0. The molecule has 0 radical (unpaired) electrons. The summed E-state index contributed by atoms with van der Waals surface area (Å²) in [5.41, 5.74) is 3.65. The Hall–Kier alpha value is -2.71. The molecule has 0 bridgehead atoms. The van der Waals surface area contributed by atoms with Gasteiger partial charge in [0.15, 0.2) is 16.3 Å². The van der Waals surface area contributed by atoms with E-state index in [1.165, 1.54) is 24.8 Å². The summed E-state index contributed by atoms with van der Waals surface area (Å²) in [6.07, 6.45) is 9.48. The number of H-pyrrole nitrogens is 1. The van der Waals surface area contributed by atoms with Crippen molar-refractivity contribution in [3.63, 3.8) is 0 Å². The number of methoxy groups -OCH3 is 2. The third kappa shape index (κ3) is 4.33. The Morgan fingerprint density at radius 1 is 1.05 bits per heavy atom. The molecule has 4 aliphatic rings. The number of pyridine rings is 1. The van der Waals surface area contributed by atoms with Crippen molar-refractivity contribution in [1.82, 2.24) is 14.5 Å². The Labute approximate surface area is 259 Å². The minimum Gasteiger partial charge on any atom is -0.493 e. The van der Waals surface area contributed by atoms with Crippen LogP contribution in [0.25, 0.3) is 11.0 Å². The van der Waals surface area contributed by atoms with Crippen molar-refractivity contribution < 1.29 is 14.6 Å². The van der Waals surface area contributed by atoms with Gasteiger partial charge in [-0.1, -0.05) is 19.9 Å². The average molecular weight is 604 g/mol. The van der Waals surface area contributed by atoms with Crippen molar-refractivity contribution in [3.05, 3.63) is 56.2 Å². The summed E-state index contributed by atoms with van der Waals surface area (Å²) in [5, 5.41) is 11.9. The molecule has 3 fully saturated rings. The van der Waals surface area contributed by atoms with Crippen LogP contribution in [0, 0.1) is 39.3 Å². The summed E-state index contributed by atoms with van der Waals surface area (Å²) < 4.78 is 13.3. The van der Waals surface area contributed by atoms with Crippen LogP contribution in [0.15, 0.2) is 29.1 Å². The van der Waals surface area contributed by atoms with Crippen LogP contribution in [0.5, 0.6) is 11.5 Å². The molecule has 0 aliphatic heterocycles. The molecule has 2 heterocycles. The Kier molecular flexibility index (Phi) is 6.86. The van der Waals surface area contributed by atoms with E-state index in [4.69, 9.17) is 26.7 Å². The summed E-state index contributed by atoms with van der Waals surface area (Å²) in [5.74, 6) is 3.91. The highest BCUT2D eigenvalue weighted by Crippen LogP contribution is 2.67. The molecule has 3 unspecified atom stereocenters. The van der Waals surface area contributed by atoms with Crippen LogP contribution in [-0.2, 0) is 25.8 Å². The van der Waals surface area contributed by atoms with Crippen LogP contribution in [0.1, 0.15) is 76.1 Å². The van der Waals surface area contributed by atoms with E-state index < -0.39 is 5.60 Å². The number of hydrogen-bond acceptors (Lipinski definition) is 6. The van der Waals surface area contributed by atoms with Crippen molar-refractivity contribution in [3.8, 4) is 11.5 Å². The van der Waals surface area contributed by atoms with Gasteiger partial charge in [-0.05, 0) is 141 Å². The van der Waals surface area contributed by atoms with Crippen molar-refractivity contribution in [1.29, 1.82) is 0 Å². The first-order chi connectivity index (χ1) is 20.5. The van der Waals surface area contributed by atoms with E-state index in [1.807, 2.05) is 22.8 Å². The second kappa shape index (κ2) is 10.2. The van der Waals surface area contributed by atoms with E-state index in [1.54, 1.807) is 14.2 Å². The highest BCUT2D eigenvalue weighted by Gasteiger charge is 2.63. The van der Waals surface area contributed by atoms with Crippen LogP contribution in [0.4, 0.5) is 0 Å². The van der Waals surface area contributed by atoms with Crippen molar-refractivity contribution in [2.75, 3.05) is 14.2 Å². The molecule has 2 aromatic heterocycles. The first-order valence-electron chi connectivity index (χ1n) is 16.1. The quantitative estimate of drug-likeness (QED) is 0.327. The number of nitrogens with one attached hydrogen (secondary N) is 1. The number of aromatic nitrogens is 3. The van der Waals surface area contributed by atoms with Gasteiger partial charge in [0.2, 0.25) is 0 Å². The van der Waals surface area contributed by atoms with Crippen LogP contribution in [-0.4, -0.2) is 39.5 Å². The number of aliphatic hydroxyl groups is 1. The van der Waals surface area contributed by atoms with Crippen molar-refractivity contribution in [2.24, 2.45) is 34.5 Å². The Bertz CT molecular complexity index is 1710. The van der Waals surface area contributed by atoms with Crippen LogP contribution in [0.3, 0.4) is 0 Å². The zero-order valence-corrected chi connectivity index (χ0v) is 27.0. The van der Waals surface area contributed by atoms with Crippen LogP contribution < -0.4 is 15.0 Å². The number of fused-ring (bicyclic) bond motifs is 7. The Balaban J connectivity index is 1.21. The molecule has 8 heteroatoms. The molecule has 230 valence electrons. The van der Waals surface area contributed by atoms with Gasteiger partial charge in [0.25, 0.3) is 5.56 Å². The minimum absolute atomic E-state index is 0.0292. The van der Waals surface area contributed by atoms with Crippen LogP contribution in [0.2, 0.25) is 0 Å². The van der Waals surface area contributed by atoms with Crippen molar-refractivity contribution in [2.45, 2.75) is 90.7 Å². The highest BCUT2D eigenvalue weighted by atomic mass is 32.1. The lowest BCUT2D eigenvalue weighted by Crippen LogP contribution is -2.56. The zero-order chi connectivity index (χ0) is 30.3. The van der Waals surface area contributed by atoms with E-state index in [0.717, 1.165) is 43.4 Å². The number of ether oxygens (including phenoxy) is 2. The molecule has 3 saturated carbocycles. The predicted octanol–water partition coefficient (Wildman–Crippen LogP) is 6.42. The third-order valence-corrected chi connectivity index (χ3v) is 13.2. The fourth-order valence-electron chi connectivity index (χ4n) is 10.1. The van der Waals surface area contributed by atoms with Gasteiger partial charge in [0, 0.05) is 12.2 Å². The lowest BCUT2D eigenvalue weighted by atomic mass is 9.44. The van der Waals surface area contributed by atoms with E-state index in [-0.39, 0.29) is 16.4 Å². The maximum absolute atomic E-state index is 13.2. The molecule has 1 aromatic carbocycles. The second-order valence-corrected chi connectivity index (χ2v) is 15.0. The molecule has 0 saturated heterocycles. The standard InChI is InChI=1S/C35H45N3O4S/c1-33-19-21-17-24-30(38(32(43)37-31(24)39)15-12-20-6-9-28(41-4)29(16-20)42-5)36-27(21)18-22(33)7-8-23-25(33)10-13-34(2)26(23)11-14-35(34,3)40/h6,9,16-17,22-23,25-26,40H,7-8,10-15,18-19H2,1-5H3,(H,37,39,43)/t22-,23?,25?,26?,33-,34-,35-/m0/s1.